The van der Waals surface area contributed by atoms with Crippen LogP contribution in [0.1, 0.15) is 23.9 Å². The Morgan fingerprint density at radius 2 is 1.97 bits per heavy atom. The van der Waals surface area contributed by atoms with Gasteiger partial charge in [0.2, 0.25) is 4.77 Å². The molecule has 0 aliphatic heterocycles. The van der Waals surface area contributed by atoms with Crippen molar-refractivity contribution in [3.8, 4) is 5.75 Å². The Kier molecular flexibility index (Phi) is 6.01. The molecule has 1 heterocycles. The van der Waals surface area contributed by atoms with E-state index in [4.69, 9.17) is 28.6 Å². The minimum atomic E-state index is -0.389. The number of rotatable bonds is 7. The van der Waals surface area contributed by atoms with Crippen LogP contribution in [0.4, 0.5) is 4.39 Å². The van der Waals surface area contributed by atoms with Gasteiger partial charge in [-0.05, 0) is 41.2 Å². The van der Waals surface area contributed by atoms with Crippen LogP contribution >= 0.6 is 23.8 Å². The van der Waals surface area contributed by atoms with E-state index in [1.165, 1.54) is 6.07 Å². The lowest BCUT2D eigenvalue weighted by atomic mass is 10.0. The Morgan fingerprint density at radius 1 is 1.13 bits per heavy atom. The van der Waals surface area contributed by atoms with E-state index >= 15 is 0 Å². The van der Waals surface area contributed by atoms with E-state index in [0.717, 1.165) is 28.6 Å². The molecule has 2 N–H and O–H groups in total. The van der Waals surface area contributed by atoms with Crippen LogP contribution in [0.3, 0.4) is 0 Å². The number of aromatic amines is 1. The SMILES string of the molecule is CCc1n[nH]c(=S)n1NCc1c(OCc2c(F)cccc2Cl)ccc2ccccc12. The number of nitrogens with one attached hydrogen (secondary N) is 2. The summed E-state index contributed by atoms with van der Waals surface area (Å²) < 4.78 is 22.4. The zero-order valence-corrected chi connectivity index (χ0v) is 17.9. The van der Waals surface area contributed by atoms with Gasteiger partial charge in [0.05, 0.1) is 11.6 Å². The highest BCUT2D eigenvalue weighted by molar-refractivity contribution is 7.71. The van der Waals surface area contributed by atoms with Crippen LogP contribution < -0.4 is 10.2 Å². The van der Waals surface area contributed by atoms with E-state index in [2.05, 4.69) is 15.6 Å². The summed E-state index contributed by atoms with van der Waals surface area (Å²) in [5.74, 6) is 1.06. The van der Waals surface area contributed by atoms with Gasteiger partial charge in [0.25, 0.3) is 0 Å². The number of ether oxygens (including phenoxy) is 1. The molecule has 0 unspecified atom stereocenters. The van der Waals surface area contributed by atoms with Gasteiger partial charge in [-0.3, -0.25) is 5.10 Å². The monoisotopic (exact) mass is 442 g/mol. The third-order valence-electron chi connectivity index (χ3n) is 4.90. The topological polar surface area (TPSA) is 54.9 Å². The van der Waals surface area contributed by atoms with Crippen molar-refractivity contribution >= 4 is 34.6 Å². The van der Waals surface area contributed by atoms with Gasteiger partial charge in [-0.25, -0.2) is 9.07 Å². The zero-order valence-electron chi connectivity index (χ0n) is 16.3. The molecule has 5 nitrogen and oxygen atoms in total. The molecule has 0 atom stereocenters. The maximum absolute atomic E-state index is 14.2. The smallest absolute Gasteiger partial charge is 0.214 e. The predicted molar refractivity (Wildman–Crippen MR) is 120 cm³/mol. The molecule has 1 aromatic heterocycles. The fourth-order valence-corrected chi connectivity index (χ4v) is 3.77. The summed E-state index contributed by atoms with van der Waals surface area (Å²) in [7, 11) is 0. The second-order valence-corrected chi connectivity index (χ2v) is 7.52. The molecule has 4 aromatic rings. The summed E-state index contributed by atoms with van der Waals surface area (Å²) in [5.41, 5.74) is 4.59. The highest BCUT2D eigenvalue weighted by Crippen LogP contribution is 2.30. The lowest BCUT2D eigenvalue weighted by Crippen LogP contribution is -2.18. The minimum Gasteiger partial charge on any atom is -0.488 e. The molecule has 8 heteroatoms. The van der Waals surface area contributed by atoms with Crippen LogP contribution in [0, 0.1) is 10.6 Å². The highest BCUT2D eigenvalue weighted by atomic mass is 35.5. The molecule has 0 fully saturated rings. The first-order valence-corrected chi connectivity index (χ1v) is 10.3. The number of hydrogen-bond donors (Lipinski definition) is 2. The fraction of sp³-hybridized carbons (Fsp3) is 0.182. The third-order valence-corrected chi connectivity index (χ3v) is 5.53. The van der Waals surface area contributed by atoms with Crippen LogP contribution in [0.25, 0.3) is 10.8 Å². The average molecular weight is 443 g/mol. The van der Waals surface area contributed by atoms with E-state index in [-0.39, 0.29) is 12.4 Å². The van der Waals surface area contributed by atoms with Gasteiger partial charge >= 0.3 is 0 Å². The number of aryl methyl sites for hydroxylation is 1. The van der Waals surface area contributed by atoms with Crippen molar-refractivity contribution in [2.45, 2.75) is 26.5 Å². The van der Waals surface area contributed by atoms with Gasteiger partial charge in [-0.15, -0.1) is 0 Å². The van der Waals surface area contributed by atoms with Crippen molar-refractivity contribution in [1.82, 2.24) is 14.9 Å². The van der Waals surface area contributed by atoms with Crippen molar-refractivity contribution in [3.63, 3.8) is 0 Å². The quantitative estimate of drug-likeness (QED) is 0.357. The van der Waals surface area contributed by atoms with E-state index in [0.29, 0.717) is 27.7 Å². The highest BCUT2D eigenvalue weighted by Gasteiger charge is 2.13. The number of hydrogen-bond acceptors (Lipinski definition) is 4. The average Bonchev–Trinajstić information content (AvgIpc) is 3.11. The molecule has 0 spiro atoms. The molecule has 0 bridgehead atoms. The molecular weight excluding hydrogens is 423 g/mol. The number of fused-ring (bicyclic) bond motifs is 1. The summed E-state index contributed by atoms with van der Waals surface area (Å²) in [6, 6.07) is 16.5. The van der Waals surface area contributed by atoms with Gasteiger partial charge in [0.15, 0.2) is 5.82 Å². The number of H-pyrrole nitrogens is 1. The van der Waals surface area contributed by atoms with Gasteiger partial charge in [0, 0.05) is 17.5 Å². The summed E-state index contributed by atoms with van der Waals surface area (Å²) in [6.07, 6.45) is 0.727. The Balaban J connectivity index is 1.68. The Hall–Kier alpha value is -2.90. The van der Waals surface area contributed by atoms with E-state index in [1.54, 1.807) is 16.8 Å². The standard InChI is InChI=1S/C22H20ClFN4OS/c1-2-21-26-27-22(30)28(21)25-12-16-15-7-4-3-6-14(15)10-11-20(16)29-13-17-18(23)8-5-9-19(17)24/h3-11,25H,2,12-13H2,1H3,(H,27,30). The Morgan fingerprint density at radius 3 is 2.77 bits per heavy atom. The molecule has 0 saturated heterocycles. The van der Waals surface area contributed by atoms with Gasteiger partial charge < -0.3 is 10.2 Å². The molecule has 4 rings (SSSR count). The van der Waals surface area contributed by atoms with Crippen LogP contribution in [0.15, 0.2) is 54.6 Å². The molecule has 154 valence electrons. The maximum atomic E-state index is 14.2. The molecule has 30 heavy (non-hydrogen) atoms. The summed E-state index contributed by atoms with van der Waals surface area (Å²) in [6.45, 7) is 2.48. The summed E-state index contributed by atoms with van der Waals surface area (Å²) in [4.78, 5) is 0. The maximum Gasteiger partial charge on any atom is 0.214 e. The van der Waals surface area contributed by atoms with Crippen LogP contribution in [0.5, 0.6) is 5.75 Å². The van der Waals surface area contributed by atoms with Crippen LogP contribution in [-0.2, 0) is 19.6 Å². The van der Waals surface area contributed by atoms with Crippen molar-refractivity contribution in [2.75, 3.05) is 5.43 Å². The molecule has 0 radical (unpaired) electrons. The number of halogens is 2. The van der Waals surface area contributed by atoms with Gasteiger partial charge in [-0.1, -0.05) is 54.9 Å². The summed E-state index contributed by atoms with van der Waals surface area (Å²) >= 11 is 11.5. The first-order valence-electron chi connectivity index (χ1n) is 9.55. The Bertz CT molecular complexity index is 1230. The molecule has 0 amide bonds. The van der Waals surface area contributed by atoms with Gasteiger partial charge in [-0.2, -0.15) is 5.10 Å². The minimum absolute atomic E-state index is 0.0300. The van der Waals surface area contributed by atoms with Crippen LogP contribution in [-0.4, -0.2) is 14.9 Å². The fourth-order valence-electron chi connectivity index (χ4n) is 3.34. The molecule has 0 aliphatic carbocycles. The first-order chi connectivity index (χ1) is 14.6. The van der Waals surface area contributed by atoms with E-state index in [1.807, 2.05) is 43.3 Å². The molecule has 0 saturated carbocycles. The third kappa shape index (κ3) is 4.04. The van der Waals surface area contributed by atoms with Crippen LogP contribution in [0.2, 0.25) is 5.02 Å². The normalized spacial score (nSPS) is 11.0. The Labute approximate surface area is 183 Å². The van der Waals surface area contributed by atoms with Gasteiger partial charge in [0.1, 0.15) is 18.2 Å². The number of nitrogens with zero attached hydrogens (tertiary/aromatic N) is 2. The molecular formula is C22H20ClFN4OS. The first kappa shape index (κ1) is 20.4. The largest absolute Gasteiger partial charge is 0.488 e. The zero-order chi connectivity index (χ0) is 21.1. The molecule has 3 aromatic carbocycles. The lowest BCUT2D eigenvalue weighted by molar-refractivity contribution is 0.297. The number of benzene rings is 3. The van der Waals surface area contributed by atoms with Crippen molar-refractivity contribution in [2.24, 2.45) is 0 Å². The van der Waals surface area contributed by atoms with Crippen molar-refractivity contribution in [3.05, 3.63) is 87.2 Å². The number of aromatic nitrogens is 3. The summed E-state index contributed by atoms with van der Waals surface area (Å²) in [5, 5.41) is 9.48. The second-order valence-electron chi connectivity index (χ2n) is 6.72. The predicted octanol–water partition coefficient (Wildman–Crippen LogP) is 5.77. The van der Waals surface area contributed by atoms with Crippen molar-refractivity contribution in [1.29, 1.82) is 0 Å². The van der Waals surface area contributed by atoms with Crippen molar-refractivity contribution < 1.29 is 9.13 Å². The van der Waals surface area contributed by atoms with E-state index in [9.17, 15) is 4.39 Å². The lowest BCUT2D eigenvalue weighted by Gasteiger charge is -2.17. The second kappa shape index (κ2) is 8.85. The van der Waals surface area contributed by atoms with E-state index < -0.39 is 0 Å². The molecule has 0 aliphatic rings.